The predicted molar refractivity (Wildman–Crippen MR) is 213 cm³/mol. The largest absolute Gasteiger partial charge is 0.396 e. The Morgan fingerprint density at radius 1 is 1.11 bits per heavy atom. The first-order valence-electron chi connectivity index (χ1n) is 20.1. The SMILES string of the molecule is C=C(/C=C/C=C(/CO)[C@]12CC[C@@]3([C@@H]1O)[C@@](O)(CCNC)C[C@@H]1C=C[C@H](CCO)[C@@]3(CC2)C1=C(C)C=O)[C@H]1C/C=C(\C)CN[C@@H](C)Cc2cccc(c2)C1. The fraction of sp³-hybridized carbons (Fsp3) is 0.587. The molecule has 9 atom stereocenters. The van der Waals surface area contributed by atoms with Gasteiger partial charge in [0, 0.05) is 41.4 Å². The van der Waals surface area contributed by atoms with Gasteiger partial charge < -0.3 is 31.1 Å². The van der Waals surface area contributed by atoms with Gasteiger partial charge in [0.25, 0.3) is 0 Å². The van der Waals surface area contributed by atoms with Gasteiger partial charge in [0.2, 0.25) is 0 Å². The molecule has 1 aliphatic heterocycles. The molecule has 3 fully saturated rings. The van der Waals surface area contributed by atoms with Crippen LogP contribution in [0, 0.1) is 34.0 Å². The molecule has 0 radical (unpaired) electrons. The smallest absolute Gasteiger partial charge is 0.145 e. The molecule has 2 spiro atoms. The average molecular weight is 725 g/mol. The molecule has 5 aliphatic rings. The molecule has 3 saturated carbocycles. The van der Waals surface area contributed by atoms with Crippen LogP contribution in [-0.4, -0.2) is 77.8 Å². The molecule has 7 heteroatoms. The van der Waals surface area contributed by atoms with Crippen molar-refractivity contribution in [1.82, 2.24) is 10.6 Å². The van der Waals surface area contributed by atoms with Crippen molar-refractivity contribution in [3.8, 4) is 0 Å². The molecule has 53 heavy (non-hydrogen) atoms. The van der Waals surface area contributed by atoms with Crippen LogP contribution in [0.3, 0.4) is 0 Å². The topological polar surface area (TPSA) is 122 Å². The van der Waals surface area contributed by atoms with E-state index in [4.69, 9.17) is 0 Å². The van der Waals surface area contributed by atoms with Crippen molar-refractivity contribution in [1.29, 1.82) is 0 Å². The Morgan fingerprint density at radius 2 is 1.87 bits per heavy atom. The van der Waals surface area contributed by atoms with Crippen LogP contribution < -0.4 is 10.6 Å². The molecule has 1 aromatic carbocycles. The Labute approximate surface area is 317 Å². The van der Waals surface area contributed by atoms with Gasteiger partial charge in [-0.15, -0.1) is 0 Å². The molecule has 0 saturated heterocycles. The highest BCUT2D eigenvalue weighted by atomic mass is 16.3. The van der Waals surface area contributed by atoms with Crippen LogP contribution in [0.1, 0.15) is 83.3 Å². The van der Waals surface area contributed by atoms with E-state index in [0.717, 1.165) is 48.8 Å². The van der Waals surface area contributed by atoms with Crippen molar-refractivity contribution in [3.63, 3.8) is 0 Å². The zero-order valence-corrected chi connectivity index (χ0v) is 32.5. The van der Waals surface area contributed by atoms with E-state index in [2.05, 4.69) is 79.6 Å². The normalized spacial score (nSPS) is 39.1. The highest BCUT2D eigenvalue weighted by Crippen LogP contribution is 2.80. The number of rotatable bonds is 11. The molecule has 1 aromatic rings. The summed E-state index contributed by atoms with van der Waals surface area (Å²) in [6.45, 7) is 12.1. The van der Waals surface area contributed by atoms with Gasteiger partial charge in [0.15, 0.2) is 0 Å². The summed E-state index contributed by atoms with van der Waals surface area (Å²) in [6, 6.07) is 9.30. The third kappa shape index (κ3) is 6.74. The second-order valence-electron chi connectivity index (χ2n) is 17.2. The molecule has 7 nitrogen and oxygen atoms in total. The summed E-state index contributed by atoms with van der Waals surface area (Å²) < 4.78 is 0. The Balaban J connectivity index is 1.36. The molecule has 0 unspecified atom stereocenters. The van der Waals surface area contributed by atoms with Crippen molar-refractivity contribution in [2.24, 2.45) is 34.0 Å². The van der Waals surface area contributed by atoms with Gasteiger partial charge >= 0.3 is 0 Å². The number of hydrogen-bond acceptors (Lipinski definition) is 7. The average Bonchev–Trinajstić information content (AvgIpc) is 3.35. The Hall–Kier alpha value is -2.91. The van der Waals surface area contributed by atoms with Crippen LogP contribution in [0.4, 0.5) is 0 Å². The maximum absolute atomic E-state index is 13.0. The summed E-state index contributed by atoms with van der Waals surface area (Å²) >= 11 is 0. The minimum Gasteiger partial charge on any atom is -0.396 e. The molecule has 0 amide bonds. The molecule has 0 aromatic heterocycles. The number of allylic oxidation sites excluding steroid dienone is 9. The lowest BCUT2D eigenvalue weighted by Gasteiger charge is -2.71. The Kier molecular flexibility index (Phi) is 12.0. The minimum atomic E-state index is -1.22. The number of carbonyl (C=O) groups is 1. The van der Waals surface area contributed by atoms with Crippen LogP contribution in [0.15, 0.2) is 95.2 Å². The van der Waals surface area contributed by atoms with Crippen molar-refractivity contribution < 1.29 is 25.2 Å². The lowest BCUT2D eigenvalue weighted by atomic mass is 9.34. The minimum absolute atomic E-state index is 0.0184. The van der Waals surface area contributed by atoms with E-state index in [-0.39, 0.29) is 31.0 Å². The van der Waals surface area contributed by atoms with Crippen molar-refractivity contribution in [3.05, 3.63) is 106 Å². The maximum atomic E-state index is 13.0. The number of carbonyl (C=O) groups excluding carboxylic acids is 1. The van der Waals surface area contributed by atoms with E-state index in [1.807, 2.05) is 26.1 Å². The lowest BCUT2D eigenvalue weighted by Crippen LogP contribution is -2.73. The zero-order chi connectivity index (χ0) is 38.0. The predicted octanol–water partition coefficient (Wildman–Crippen LogP) is 6.10. The van der Waals surface area contributed by atoms with E-state index >= 15 is 0 Å². The standard InChI is InChI=1S/C46H64N2O5/c1-31-12-13-37(26-36-10-7-9-35(25-36)24-34(4)48-28-31)32(2)8-6-11-40(30-51)43-17-19-45-39(16-23-49)15-14-38(41(45)33(3)29-50)27-44(53,21-22-47-5)46(45,20-18-43)42(43)52/h6-12,14-15,25,29,34,37-39,42,47-49,51-53H,2,13,16-24,26-28,30H2,1,3-5H3/b8-6+,31-12+,40-11-,41-33?/t34-,37-,38-,39+,42+,43-,44+,45-,46+/m0/s1. The number of aldehydes is 1. The number of fused-ring (bicyclic) bond motifs is 4. The summed E-state index contributed by atoms with van der Waals surface area (Å²) in [5, 5.41) is 54.4. The second kappa shape index (κ2) is 16.1. The summed E-state index contributed by atoms with van der Waals surface area (Å²) in [6.07, 6.45) is 19.3. The lowest BCUT2D eigenvalue weighted by molar-refractivity contribution is -0.256. The first-order valence-corrected chi connectivity index (χ1v) is 20.1. The van der Waals surface area contributed by atoms with Crippen LogP contribution in [0.2, 0.25) is 0 Å². The summed E-state index contributed by atoms with van der Waals surface area (Å²) in [5.41, 5.74) is 3.89. The van der Waals surface area contributed by atoms with Crippen molar-refractivity contribution >= 4 is 6.29 Å². The van der Waals surface area contributed by atoms with Crippen LogP contribution in [0.5, 0.6) is 0 Å². The van der Waals surface area contributed by atoms with Gasteiger partial charge in [0.05, 0.1) is 18.3 Å². The van der Waals surface area contributed by atoms with E-state index < -0.39 is 27.9 Å². The Morgan fingerprint density at radius 3 is 2.58 bits per heavy atom. The van der Waals surface area contributed by atoms with Gasteiger partial charge in [0.1, 0.15) is 6.29 Å². The van der Waals surface area contributed by atoms with Gasteiger partial charge in [-0.3, -0.25) is 4.79 Å². The molecule has 1 heterocycles. The van der Waals surface area contributed by atoms with E-state index in [1.165, 1.54) is 16.7 Å². The van der Waals surface area contributed by atoms with E-state index in [9.17, 15) is 25.2 Å². The summed E-state index contributed by atoms with van der Waals surface area (Å²) in [4.78, 5) is 12.5. The molecular weight excluding hydrogens is 661 g/mol. The zero-order valence-electron chi connectivity index (χ0n) is 32.5. The molecule has 288 valence electrons. The van der Waals surface area contributed by atoms with Gasteiger partial charge in [-0.2, -0.15) is 0 Å². The molecular formula is C46H64N2O5. The summed E-state index contributed by atoms with van der Waals surface area (Å²) in [7, 11) is 1.88. The number of benzene rings is 1. The van der Waals surface area contributed by atoms with Crippen LogP contribution in [-0.2, 0) is 17.6 Å². The van der Waals surface area contributed by atoms with E-state index in [1.54, 1.807) is 0 Å². The maximum Gasteiger partial charge on any atom is 0.145 e. The number of nitrogens with one attached hydrogen (secondary N) is 2. The monoisotopic (exact) mass is 724 g/mol. The third-order valence-electron chi connectivity index (χ3n) is 14.4. The molecule has 6 rings (SSSR count). The second-order valence-corrected chi connectivity index (χ2v) is 17.2. The quantitative estimate of drug-likeness (QED) is 0.0707. The van der Waals surface area contributed by atoms with Crippen molar-refractivity contribution in [2.45, 2.75) is 103 Å². The number of aliphatic hydroxyl groups excluding tert-OH is 3. The first kappa shape index (κ1) is 39.8. The van der Waals surface area contributed by atoms with Crippen molar-refractivity contribution in [2.75, 3.05) is 33.4 Å². The van der Waals surface area contributed by atoms with E-state index in [0.29, 0.717) is 63.1 Å². The van der Waals surface area contributed by atoms with Gasteiger partial charge in [-0.25, -0.2) is 0 Å². The highest BCUT2D eigenvalue weighted by Gasteiger charge is 2.79. The number of hydrogen-bond donors (Lipinski definition) is 6. The summed E-state index contributed by atoms with van der Waals surface area (Å²) in [5.74, 6) is -0.0331. The fourth-order valence-corrected chi connectivity index (χ4v) is 12.0. The fourth-order valence-electron chi connectivity index (χ4n) is 12.0. The first-order chi connectivity index (χ1) is 25.4. The molecule has 4 aliphatic carbocycles. The molecule has 6 N–H and O–H groups in total. The number of aliphatic hydroxyl groups is 4. The van der Waals surface area contributed by atoms with Crippen LogP contribution in [0.25, 0.3) is 0 Å². The highest BCUT2D eigenvalue weighted by molar-refractivity contribution is 5.75. The van der Waals surface area contributed by atoms with Gasteiger partial charge in [-0.05, 0) is 138 Å². The Bertz CT molecular complexity index is 1690. The third-order valence-corrected chi connectivity index (χ3v) is 14.4. The van der Waals surface area contributed by atoms with Gasteiger partial charge in [-0.1, -0.05) is 78.4 Å². The van der Waals surface area contributed by atoms with Crippen LogP contribution >= 0.6 is 0 Å². The molecule has 6 bridgehead atoms.